The topological polar surface area (TPSA) is 55.4 Å². The van der Waals surface area contributed by atoms with E-state index < -0.39 is 11.3 Å². The van der Waals surface area contributed by atoms with Gasteiger partial charge in [0, 0.05) is 0 Å². The van der Waals surface area contributed by atoms with E-state index in [0.29, 0.717) is 0 Å². The molecule has 1 amide bonds. The molecule has 0 aromatic heterocycles. The lowest BCUT2D eigenvalue weighted by atomic mass is 10.7. The molecule has 1 N–H and O–H groups in total. The Bertz CT molecular complexity index is 196. The number of terminal acetylenes is 1. The molecule has 0 spiro atoms. The van der Waals surface area contributed by atoms with Gasteiger partial charge in [-0.25, -0.2) is 4.79 Å². The van der Waals surface area contributed by atoms with Crippen molar-refractivity contribution < 1.29 is 14.3 Å². The lowest BCUT2D eigenvalue weighted by Gasteiger charge is -1.99. The van der Waals surface area contributed by atoms with Crippen molar-refractivity contribution >= 4 is 22.9 Å². The van der Waals surface area contributed by atoms with Crippen molar-refractivity contribution in [1.82, 2.24) is 5.32 Å². The number of amides is 1. The molecule has 0 aromatic rings. The summed E-state index contributed by atoms with van der Waals surface area (Å²) in [6.45, 7) is -0.382. The van der Waals surface area contributed by atoms with Gasteiger partial charge in [0.25, 0.3) is 0 Å². The van der Waals surface area contributed by atoms with E-state index in [9.17, 15) is 9.59 Å². The van der Waals surface area contributed by atoms with Crippen molar-refractivity contribution in [1.29, 1.82) is 0 Å². The van der Waals surface area contributed by atoms with Gasteiger partial charge in [-0.05, 0) is 11.6 Å². The van der Waals surface area contributed by atoms with E-state index in [1.807, 2.05) is 0 Å². The van der Waals surface area contributed by atoms with Crippen LogP contribution in [0.5, 0.6) is 0 Å². The van der Waals surface area contributed by atoms with E-state index in [4.69, 9.17) is 18.0 Å². The van der Waals surface area contributed by atoms with Crippen LogP contribution in [-0.4, -0.2) is 24.5 Å². The second kappa shape index (κ2) is 5.57. The van der Waals surface area contributed by atoms with Gasteiger partial charge in [-0.2, -0.15) is 0 Å². The molecule has 0 aromatic carbocycles. The summed E-state index contributed by atoms with van der Waals surface area (Å²) in [6, 6.07) is 0. The van der Waals surface area contributed by atoms with Crippen molar-refractivity contribution in [3.8, 4) is 12.3 Å². The first kappa shape index (κ1) is 9.79. The minimum atomic E-state index is -0.753. The van der Waals surface area contributed by atoms with E-state index in [1.165, 1.54) is 0 Å². The summed E-state index contributed by atoms with van der Waals surface area (Å²) in [4.78, 5) is 20.5. The number of carbonyl (C=O) groups is 2. The molecule has 0 radical (unpaired) electrons. The van der Waals surface area contributed by atoms with Gasteiger partial charge < -0.3 is 10.1 Å². The third-order valence-corrected chi connectivity index (χ3v) is 0.792. The maximum atomic E-state index is 10.5. The molecule has 0 saturated heterocycles. The Hall–Kier alpha value is -1.21. The third kappa shape index (κ3) is 6.68. The fourth-order valence-corrected chi connectivity index (χ4v) is 0.367. The van der Waals surface area contributed by atoms with Gasteiger partial charge in [-0.1, -0.05) is 5.92 Å². The van der Waals surface area contributed by atoms with Crippen molar-refractivity contribution in [3.63, 3.8) is 0 Å². The standard InChI is InChI=1S/C6H6ClNO3/c1-2-3-11-6(10)8-4-5(7)9/h1H,3-4H2,(H,8,10). The van der Waals surface area contributed by atoms with Crippen molar-refractivity contribution in [2.24, 2.45) is 0 Å². The Morgan fingerprint density at radius 2 is 2.27 bits per heavy atom. The van der Waals surface area contributed by atoms with Crippen LogP contribution in [0.2, 0.25) is 0 Å². The summed E-state index contributed by atoms with van der Waals surface area (Å²) in [5.74, 6) is 2.09. The fourth-order valence-electron chi connectivity index (χ4n) is 0.300. The highest BCUT2D eigenvalue weighted by molar-refractivity contribution is 6.64. The zero-order chi connectivity index (χ0) is 8.69. The van der Waals surface area contributed by atoms with Crippen LogP contribution in [0.3, 0.4) is 0 Å². The molecule has 0 heterocycles. The molecule has 0 rings (SSSR count). The number of halogens is 1. The minimum absolute atomic E-state index is 0.123. The molecule has 0 aliphatic carbocycles. The summed E-state index contributed by atoms with van der Waals surface area (Å²) in [6.07, 6.45) is 4.03. The summed E-state index contributed by atoms with van der Waals surface area (Å²) in [7, 11) is 0. The van der Waals surface area contributed by atoms with E-state index in [1.54, 1.807) is 0 Å². The molecule has 0 aliphatic rings. The molecular formula is C6H6ClNO3. The SMILES string of the molecule is C#CCOC(=O)NCC(=O)Cl. The number of alkyl carbamates (subject to hydrolysis) is 1. The highest BCUT2D eigenvalue weighted by Crippen LogP contribution is 1.78. The maximum Gasteiger partial charge on any atom is 0.408 e. The van der Waals surface area contributed by atoms with E-state index in [0.717, 1.165) is 0 Å². The molecule has 4 nitrogen and oxygen atoms in total. The minimum Gasteiger partial charge on any atom is -0.436 e. The van der Waals surface area contributed by atoms with Crippen LogP contribution < -0.4 is 5.32 Å². The molecule has 0 atom stereocenters. The highest BCUT2D eigenvalue weighted by Gasteiger charge is 2.01. The summed E-state index contributed by atoms with van der Waals surface area (Å²) in [5.41, 5.74) is 0. The fraction of sp³-hybridized carbons (Fsp3) is 0.333. The van der Waals surface area contributed by atoms with Gasteiger partial charge in [-0.3, -0.25) is 4.79 Å². The number of rotatable bonds is 3. The average molecular weight is 176 g/mol. The highest BCUT2D eigenvalue weighted by atomic mass is 35.5. The van der Waals surface area contributed by atoms with Gasteiger partial charge in [0.1, 0.15) is 0 Å². The quantitative estimate of drug-likeness (QED) is 0.489. The Morgan fingerprint density at radius 1 is 1.64 bits per heavy atom. The molecule has 0 fully saturated rings. The van der Waals surface area contributed by atoms with Crippen LogP contribution in [0, 0.1) is 12.3 Å². The van der Waals surface area contributed by atoms with Gasteiger partial charge in [-0.15, -0.1) is 6.42 Å². The first-order valence-electron chi connectivity index (χ1n) is 2.69. The summed E-state index contributed by atoms with van der Waals surface area (Å²) >= 11 is 4.91. The smallest absolute Gasteiger partial charge is 0.408 e. The van der Waals surface area contributed by atoms with Crippen LogP contribution in [-0.2, 0) is 9.53 Å². The number of carbonyl (C=O) groups excluding carboxylic acids is 2. The lowest BCUT2D eigenvalue weighted by molar-refractivity contribution is -0.110. The average Bonchev–Trinajstić information content (AvgIpc) is 1.97. The first-order valence-corrected chi connectivity index (χ1v) is 3.07. The lowest BCUT2D eigenvalue weighted by Crippen LogP contribution is -2.28. The monoisotopic (exact) mass is 175 g/mol. The van der Waals surface area contributed by atoms with Crippen LogP contribution in [0.15, 0.2) is 0 Å². The number of hydrogen-bond acceptors (Lipinski definition) is 3. The van der Waals surface area contributed by atoms with Gasteiger partial charge in [0.05, 0.1) is 6.54 Å². The second-order valence-corrected chi connectivity index (χ2v) is 1.91. The molecule has 0 aliphatic heterocycles. The first-order chi connectivity index (χ1) is 5.16. The van der Waals surface area contributed by atoms with Crippen LogP contribution in [0.25, 0.3) is 0 Å². The van der Waals surface area contributed by atoms with E-state index in [2.05, 4.69) is 16.0 Å². The van der Waals surface area contributed by atoms with E-state index >= 15 is 0 Å². The Morgan fingerprint density at radius 3 is 2.73 bits per heavy atom. The Kier molecular flexibility index (Phi) is 4.95. The zero-order valence-corrected chi connectivity index (χ0v) is 6.35. The molecule has 0 bridgehead atoms. The van der Waals surface area contributed by atoms with Gasteiger partial charge >= 0.3 is 6.09 Å². The van der Waals surface area contributed by atoms with Crippen LogP contribution >= 0.6 is 11.6 Å². The molecule has 11 heavy (non-hydrogen) atoms. The molecule has 5 heteroatoms. The van der Waals surface area contributed by atoms with Gasteiger partial charge in [0.2, 0.25) is 5.24 Å². The van der Waals surface area contributed by atoms with Crippen molar-refractivity contribution in [3.05, 3.63) is 0 Å². The third-order valence-electron chi connectivity index (χ3n) is 0.658. The van der Waals surface area contributed by atoms with Crippen LogP contribution in [0.4, 0.5) is 4.79 Å². The maximum absolute atomic E-state index is 10.5. The number of hydrogen-bond donors (Lipinski definition) is 1. The Balaban J connectivity index is 3.39. The number of ether oxygens (including phenoxy) is 1. The molecule has 60 valence electrons. The second-order valence-electron chi connectivity index (χ2n) is 1.49. The normalized spacial score (nSPS) is 8.00. The predicted octanol–water partition coefficient (Wildman–Crippen LogP) is 0.111. The predicted molar refractivity (Wildman–Crippen MR) is 39.0 cm³/mol. The van der Waals surface area contributed by atoms with Crippen molar-refractivity contribution in [2.45, 2.75) is 0 Å². The summed E-state index contributed by atoms with van der Waals surface area (Å²) < 4.78 is 4.34. The summed E-state index contributed by atoms with van der Waals surface area (Å²) in [5, 5.41) is 1.41. The van der Waals surface area contributed by atoms with E-state index in [-0.39, 0.29) is 13.2 Å². The van der Waals surface area contributed by atoms with Crippen molar-refractivity contribution in [2.75, 3.05) is 13.2 Å². The molecular weight excluding hydrogens is 170 g/mol. The zero-order valence-electron chi connectivity index (χ0n) is 5.59. The largest absolute Gasteiger partial charge is 0.436 e. The molecule has 0 saturated carbocycles. The number of nitrogens with one attached hydrogen (secondary N) is 1. The van der Waals surface area contributed by atoms with Crippen LogP contribution in [0.1, 0.15) is 0 Å². The van der Waals surface area contributed by atoms with Gasteiger partial charge in [0.15, 0.2) is 6.61 Å². The Labute approximate surface area is 68.9 Å². The molecule has 0 unspecified atom stereocenters.